The van der Waals surface area contributed by atoms with E-state index in [9.17, 15) is 14.0 Å². The lowest BCUT2D eigenvalue weighted by molar-refractivity contribution is -0.134. The Hall–Kier alpha value is -3.03. The molecular formula is C28H30FN3O2S. The molecule has 2 aliphatic rings. The maximum Gasteiger partial charge on any atom is 0.236 e. The van der Waals surface area contributed by atoms with Gasteiger partial charge in [0, 0.05) is 37.6 Å². The van der Waals surface area contributed by atoms with Crippen LogP contribution in [0.2, 0.25) is 0 Å². The van der Waals surface area contributed by atoms with Crippen LogP contribution in [0.1, 0.15) is 34.0 Å². The smallest absolute Gasteiger partial charge is 0.236 e. The third kappa shape index (κ3) is 5.46. The van der Waals surface area contributed by atoms with Crippen molar-refractivity contribution in [2.75, 3.05) is 39.3 Å². The van der Waals surface area contributed by atoms with Crippen molar-refractivity contribution in [1.29, 1.82) is 0 Å². The molecule has 2 aliphatic heterocycles. The molecule has 182 valence electrons. The number of thiophene rings is 1. The van der Waals surface area contributed by atoms with Gasteiger partial charge in [0.15, 0.2) is 0 Å². The molecule has 1 atom stereocenters. The molecule has 1 saturated heterocycles. The zero-order valence-corrected chi connectivity index (χ0v) is 20.6. The first-order chi connectivity index (χ1) is 17.1. The van der Waals surface area contributed by atoms with Crippen molar-refractivity contribution < 1.29 is 14.0 Å². The molecule has 3 aromatic rings. The molecule has 0 spiro atoms. The lowest BCUT2D eigenvalue weighted by Crippen LogP contribution is -2.45. The number of benzene rings is 2. The SMILES string of the molecule is O=C(Cc1ccc(F)cc1)N1CCCN(C(=O)CN2CCc3sccc3[C@@H]2c2ccccc2)CC1. The number of halogens is 1. The van der Waals surface area contributed by atoms with E-state index in [4.69, 9.17) is 0 Å². The molecule has 35 heavy (non-hydrogen) atoms. The fourth-order valence-corrected chi connectivity index (χ4v) is 6.05. The highest BCUT2D eigenvalue weighted by molar-refractivity contribution is 7.10. The quantitative estimate of drug-likeness (QED) is 0.539. The van der Waals surface area contributed by atoms with E-state index in [1.165, 1.54) is 28.1 Å². The highest BCUT2D eigenvalue weighted by Crippen LogP contribution is 2.37. The molecule has 2 aromatic carbocycles. The van der Waals surface area contributed by atoms with Crippen LogP contribution < -0.4 is 0 Å². The van der Waals surface area contributed by atoms with Gasteiger partial charge in [-0.2, -0.15) is 0 Å². The molecule has 1 fully saturated rings. The standard InChI is InChI=1S/C28H30FN3O2S/c29-23-9-7-21(8-10-23)19-26(33)30-13-4-14-31(17-16-30)27(34)20-32-15-11-25-24(12-18-35-25)28(32)22-5-2-1-3-6-22/h1-3,5-10,12,18,28H,4,11,13-17,19-20H2/t28-/m0/s1. The Balaban J connectivity index is 1.22. The molecule has 3 heterocycles. The van der Waals surface area contributed by atoms with Crippen LogP contribution in [0.15, 0.2) is 66.0 Å². The summed E-state index contributed by atoms with van der Waals surface area (Å²) in [6.07, 6.45) is 1.98. The van der Waals surface area contributed by atoms with Crippen LogP contribution in [0, 0.1) is 5.82 Å². The average Bonchev–Trinajstić information content (AvgIpc) is 3.21. The van der Waals surface area contributed by atoms with Crippen molar-refractivity contribution in [3.05, 3.63) is 93.4 Å². The summed E-state index contributed by atoms with van der Waals surface area (Å²) >= 11 is 1.80. The number of hydrogen-bond acceptors (Lipinski definition) is 4. The number of amides is 2. The van der Waals surface area contributed by atoms with Crippen molar-refractivity contribution >= 4 is 23.2 Å². The summed E-state index contributed by atoms with van der Waals surface area (Å²) in [5, 5.41) is 2.15. The van der Waals surface area contributed by atoms with E-state index in [1.807, 2.05) is 15.9 Å². The van der Waals surface area contributed by atoms with Crippen LogP contribution >= 0.6 is 11.3 Å². The largest absolute Gasteiger partial charge is 0.341 e. The predicted octanol–water partition coefficient (Wildman–Crippen LogP) is 4.14. The van der Waals surface area contributed by atoms with Crippen LogP contribution in [-0.2, 0) is 22.4 Å². The Kier molecular flexibility index (Phi) is 7.25. The topological polar surface area (TPSA) is 43.9 Å². The summed E-state index contributed by atoms with van der Waals surface area (Å²) in [5.74, 6) is -0.155. The summed E-state index contributed by atoms with van der Waals surface area (Å²) in [6, 6.07) is 18.8. The Bertz CT molecular complexity index is 1160. The van der Waals surface area contributed by atoms with E-state index in [0.29, 0.717) is 32.7 Å². The van der Waals surface area contributed by atoms with Gasteiger partial charge in [-0.25, -0.2) is 4.39 Å². The first-order valence-corrected chi connectivity index (χ1v) is 13.1. The van der Waals surface area contributed by atoms with Gasteiger partial charge in [-0.1, -0.05) is 42.5 Å². The Morgan fingerprint density at radius 2 is 1.57 bits per heavy atom. The third-order valence-corrected chi connectivity index (χ3v) is 7.99. The van der Waals surface area contributed by atoms with Gasteiger partial charge in [0.2, 0.25) is 11.8 Å². The fourth-order valence-electron chi connectivity index (χ4n) is 5.14. The number of rotatable bonds is 5. The highest BCUT2D eigenvalue weighted by Gasteiger charge is 2.32. The first-order valence-electron chi connectivity index (χ1n) is 12.2. The van der Waals surface area contributed by atoms with Gasteiger partial charge in [-0.15, -0.1) is 11.3 Å². The number of carbonyl (C=O) groups is 2. The third-order valence-electron chi connectivity index (χ3n) is 6.99. The van der Waals surface area contributed by atoms with Gasteiger partial charge in [0.1, 0.15) is 5.82 Å². The summed E-state index contributed by atoms with van der Waals surface area (Å²) in [5.41, 5.74) is 3.33. The van der Waals surface area contributed by atoms with Crippen molar-refractivity contribution in [3.63, 3.8) is 0 Å². The number of fused-ring (bicyclic) bond motifs is 1. The number of nitrogens with zero attached hydrogens (tertiary/aromatic N) is 3. The highest BCUT2D eigenvalue weighted by atomic mass is 32.1. The Labute approximate surface area is 209 Å². The number of hydrogen-bond donors (Lipinski definition) is 0. The number of carbonyl (C=O) groups excluding carboxylic acids is 2. The molecule has 5 nitrogen and oxygen atoms in total. The molecule has 0 saturated carbocycles. The van der Waals surface area contributed by atoms with Crippen LogP contribution in [0.4, 0.5) is 4.39 Å². The van der Waals surface area contributed by atoms with Crippen molar-refractivity contribution in [2.24, 2.45) is 0 Å². The molecular weight excluding hydrogens is 461 g/mol. The molecule has 5 rings (SSSR count). The second-order valence-electron chi connectivity index (χ2n) is 9.25. The summed E-state index contributed by atoms with van der Waals surface area (Å²) < 4.78 is 13.2. The van der Waals surface area contributed by atoms with Gasteiger partial charge < -0.3 is 9.80 Å². The molecule has 0 radical (unpaired) electrons. The summed E-state index contributed by atoms with van der Waals surface area (Å²) in [6.45, 7) is 3.60. The van der Waals surface area contributed by atoms with Crippen LogP contribution in [0.25, 0.3) is 0 Å². The zero-order valence-electron chi connectivity index (χ0n) is 19.7. The molecule has 0 unspecified atom stereocenters. The van der Waals surface area contributed by atoms with Gasteiger partial charge in [-0.05, 0) is 53.1 Å². The van der Waals surface area contributed by atoms with E-state index >= 15 is 0 Å². The van der Waals surface area contributed by atoms with E-state index < -0.39 is 0 Å². The monoisotopic (exact) mass is 491 g/mol. The van der Waals surface area contributed by atoms with Crippen LogP contribution in [-0.4, -0.2) is 65.8 Å². The van der Waals surface area contributed by atoms with Crippen molar-refractivity contribution in [1.82, 2.24) is 14.7 Å². The lowest BCUT2D eigenvalue weighted by atomic mass is 9.93. The predicted molar refractivity (Wildman–Crippen MR) is 136 cm³/mol. The maximum absolute atomic E-state index is 13.4. The van der Waals surface area contributed by atoms with E-state index in [1.54, 1.807) is 23.5 Å². The van der Waals surface area contributed by atoms with Gasteiger partial charge >= 0.3 is 0 Å². The minimum absolute atomic E-state index is 0.0241. The Morgan fingerprint density at radius 1 is 0.857 bits per heavy atom. The average molecular weight is 492 g/mol. The van der Waals surface area contributed by atoms with Crippen LogP contribution in [0.3, 0.4) is 0 Å². The molecule has 2 amide bonds. The molecule has 0 N–H and O–H groups in total. The minimum Gasteiger partial charge on any atom is -0.341 e. The molecule has 0 aliphatic carbocycles. The van der Waals surface area contributed by atoms with E-state index in [2.05, 4.69) is 40.6 Å². The zero-order chi connectivity index (χ0) is 24.2. The van der Waals surface area contributed by atoms with Gasteiger partial charge in [0.05, 0.1) is 19.0 Å². The van der Waals surface area contributed by atoms with E-state index in [0.717, 1.165) is 24.9 Å². The second kappa shape index (κ2) is 10.7. The van der Waals surface area contributed by atoms with Crippen LogP contribution in [0.5, 0.6) is 0 Å². The fraction of sp³-hybridized carbons (Fsp3) is 0.357. The maximum atomic E-state index is 13.4. The summed E-state index contributed by atoms with van der Waals surface area (Å²) in [7, 11) is 0. The normalized spacial score (nSPS) is 18.7. The molecule has 0 bridgehead atoms. The first kappa shape index (κ1) is 23.7. The lowest BCUT2D eigenvalue weighted by Gasteiger charge is -2.37. The minimum atomic E-state index is -0.302. The summed E-state index contributed by atoms with van der Waals surface area (Å²) in [4.78, 5) is 33.7. The van der Waals surface area contributed by atoms with Crippen molar-refractivity contribution in [2.45, 2.75) is 25.3 Å². The van der Waals surface area contributed by atoms with E-state index in [-0.39, 0.29) is 30.1 Å². The molecule has 1 aromatic heterocycles. The van der Waals surface area contributed by atoms with Crippen molar-refractivity contribution in [3.8, 4) is 0 Å². The molecule has 7 heteroatoms. The van der Waals surface area contributed by atoms with Gasteiger partial charge in [-0.3, -0.25) is 14.5 Å². The second-order valence-corrected chi connectivity index (χ2v) is 10.3. The Morgan fingerprint density at radius 3 is 2.31 bits per heavy atom. The van der Waals surface area contributed by atoms with Gasteiger partial charge in [0.25, 0.3) is 0 Å².